The summed E-state index contributed by atoms with van der Waals surface area (Å²) in [7, 11) is 1.69. The second kappa shape index (κ2) is 4.22. The number of hydrogen-bond acceptors (Lipinski definition) is 3. The number of ketones is 1. The molecular formula is C12H10ClNO3. The Morgan fingerprint density at radius 2 is 2.12 bits per heavy atom. The maximum Gasteiger partial charge on any atom is 0.294 e. The van der Waals surface area contributed by atoms with E-state index in [-0.39, 0.29) is 5.69 Å². The third kappa shape index (κ3) is 1.91. The van der Waals surface area contributed by atoms with Crippen molar-refractivity contribution in [2.45, 2.75) is 6.92 Å². The van der Waals surface area contributed by atoms with E-state index in [1.54, 1.807) is 43.1 Å². The van der Waals surface area contributed by atoms with Gasteiger partial charge in [0.25, 0.3) is 11.0 Å². The lowest BCUT2D eigenvalue weighted by atomic mass is 10.1. The number of aromatic nitrogens is 1. The van der Waals surface area contributed by atoms with Crippen LogP contribution in [0.3, 0.4) is 0 Å². The number of furan rings is 1. The molecule has 0 saturated carbocycles. The number of aryl methyl sites for hydroxylation is 1. The van der Waals surface area contributed by atoms with Crippen LogP contribution < -0.4 is 0 Å². The van der Waals surface area contributed by atoms with Gasteiger partial charge in [-0.25, -0.2) is 0 Å². The molecule has 0 aliphatic heterocycles. The fourth-order valence-corrected chi connectivity index (χ4v) is 1.94. The molecule has 0 bridgehead atoms. The fraction of sp³-hybridized carbons (Fsp3) is 0.167. The Morgan fingerprint density at radius 3 is 2.65 bits per heavy atom. The summed E-state index contributed by atoms with van der Waals surface area (Å²) in [5, 5.41) is -0.986. The molecule has 0 radical (unpaired) electrons. The van der Waals surface area contributed by atoms with E-state index in [1.807, 2.05) is 0 Å². The van der Waals surface area contributed by atoms with E-state index in [9.17, 15) is 9.59 Å². The molecule has 2 heterocycles. The number of hydrogen-bond donors (Lipinski definition) is 0. The molecule has 0 aliphatic carbocycles. The van der Waals surface area contributed by atoms with E-state index in [0.29, 0.717) is 11.3 Å². The van der Waals surface area contributed by atoms with Gasteiger partial charge in [-0.05, 0) is 36.2 Å². The van der Waals surface area contributed by atoms with Crippen molar-refractivity contribution in [3.05, 3.63) is 35.9 Å². The standard InChI is InChI=1S/C12H10ClNO3/c1-7-8(9-4-3-5-17-9)6-14(2)10(7)11(15)12(13)16/h3-6H,1-2H3. The Morgan fingerprint density at radius 1 is 1.41 bits per heavy atom. The van der Waals surface area contributed by atoms with Crippen LogP contribution in [0.1, 0.15) is 16.1 Å². The van der Waals surface area contributed by atoms with Gasteiger partial charge >= 0.3 is 0 Å². The minimum atomic E-state index is -0.986. The molecule has 2 aromatic heterocycles. The maximum atomic E-state index is 11.6. The first-order valence-corrected chi connectivity index (χ1v) is 5.34. The maximum absolute atomic E-state index is 11.6. The Balaban J connectivity index is 2.57. The molecule has 0 saturated heterocycles. The lowest BCUT2D eigenvalue weighted by molar-refractivity contribution is -0.108. The van der Waals surface area contributed by atoms with Gasteiger partial charge in [0.1, 0.15) is 5.76 Å². The minimum absolute atomic E-state index is 0.288. The predicted octanol–water partition coefficient (Wildman–Crippen LogP) is 2.54. The number of halogens is 1. The average Bonchev–Trinajstić information content (AvgIpc) is 2.86. The average molecular weight is 252 g/mol. The van der Waals surface area contributed by atoms with Crippen molar-refractivity contribution in [3.63, 3.8) is 0 Å². The van der Waals surface area contributed by atoms with Crippen molar-refractivity contribution >= 4 is 22.6 Å². The highest BCUT2D eigenvalue weighted by atomic mass is 35.5. The van der Waals surface area contributed by atoms with Crippen LogP contribution in [0.15, 0.2) is 29.0 Å². The SMILES string of the molecule is Cc1c(-c2ccco2)cn(C)c1C(=O)C(=O)Cl. The van der Waals surface area contributed by atoms with Gasteiger partial charge in [0, 0.05) is 18.8 Å². The number of Topliss-reactive ketones (excluding diaryl/α,β-unsaturated/α-hetero) is 1. The topological polar surface area (TPSA) is 52.2 Å². The highest BCUT2D eigenvalue weighted by Gasteiger charge is 2.23. The van der Waals surface area contributed by atoms with Gasteiger partial charge in [0.2, 0.25) is 0 Å². The molecule has 2 aromatic rings. The van der Waals surface area contributed by atoms with Crippen molar-refractivity contribution in [2.24, 2.45) is 7.05 Å². The Bertz CT molecular complexity index is 581. The van der Waals surface area contributed by atoms with E-state index >= 15 is 0 Å². The van der Waals surface area contributed by atoms with Gasteiger partial charge in [-0.3, -0.25) is 9.59 Å². The molecule has 0 aliphatic rings. The van der Waals surface area contributed by atoms with Gasteiger partial charge in [0.15, 0.2) is 0 Å². The van der Waals surface area contributed by atoms with Crippen LogP contribution in [-0.2, 0) is 11.8 Å². The monoisotopic (exact) mass is 251 g/mol. The van der Waals surface area contributed by atoms with Crippen LogP contribution in [-0.4, -0.2) is 15.6 Å². The third-order valence-electron chi connectivity index (χ3n) is 2.61. The number of rotatable bonds is 3. The van der Waals surface area contributed by atoms with E-state index < -0.39 is 11.0 Å². The minimum Gasteiger partial charge on any atom is -0.464 e. The van der Waals surface area contributed by atoms with Crippen LogP contribution in [0, 0.1) is 6.92 Å². The van der Waals surface area contributed by atoms with Crippen molar-refractivity contribution in [3.8, 4) is 11.3 Å². The Labute approximate surface area is 103 Å². The summed E-state index contributed by atoms with van der Waals surface area (Å²) in [6, 6.07) is 3.55. The normalized spacial score (nSPS) is 10.5. The second-order valence-electron chi connectivity index (χ2n) is 3.71. The zero-order chi connectivity index (χ0) is 12.6. The smallest absolute Gasteiger partial charge is 0.294 e. The van der Waals surface area contributed by atoms with Crippen LogP contribution in [0.25, 0.3) is 11.3 Å². The first kappa shape index (κ1) is 11.7. The number of nitrogens with zero attached hydrogens (tertiary/aromatic N) is 1. The molecule has 5 heteroatoms. The van der Waals surface area contributed by atoms with E-state index in [1.165, 1.54) is 0 Å². The second-order valence-corrected chi connectivity index (χ2v) is 4.05. The molecule has 88 valence electrons. The van der Waals surface area contributed by atoms with E-state index in [0.717, 1.165) is 5.56 Å². The fourth-order valence-electron chi connectivity index (χ4n) is 1.85. The summed E-state index contributed by atoms with van der Waals surface area (Å²) < 4.78 is 6.85. The zero-order valence-corrected chi connectivity index (χ0v) is 10.1. The van der Waals surface area contributed by atoms with Crippen molar-refractivity contribution in [2.75, 3.05) is 0 Å². The summed E-state index contributed by atoms with van der Waals surface area (Å²) in [4.78, 5) is 22.6. The molecule has 4 nitrogen and oxygen atoms in total. The van der Waals surface area contributed by atoms with Crippen LogP contribution in [0.5, 0.6) is 0 Å². The van der Waals surface area contributed by atoms with Crippen molar-refractivity contribution in [1.29, 1.82) is 0 Å². The highest BCUT2D eigenvalue weighted by Crippen LogP contribution is 2.28. The molecule has 2 rings (SSSR count). The lowest BCUT2D eigenvalue weighted by Gasteiger charge is -1.99. The number of carbonyl (C=O) groups excluding carboxylic acids is 2. The van der Waals surface area contributed by atoms with Gasteiger partial charge in [0.05, 0.1) is 12.0 Å². The lowest BCUT2D eigenvalue weighted by Crippen LogP contribution is -2.13. The molecule has 0 fully saturated rings. The molecule has 0 unspecified atom stereocenters. The number of carbonyl (C=O) groups is 2. The summed E-state index contributed by atoms with van der Waals surface area (Å²) in [5.74, 6) is -0.0522. The quantitative estimate of drug-likeness (QED) is 0.479. The van der Waals surface area contributed by atoms with E-state index in [2.05, 4.69) is 0 Å². The summed E-state index contributed by atoms with van der Waals surface area (Å²) >= 11 is 5.22. The third-order valence-corrected chi connectivity index (χ3v) is 2.79. The molecular weight excluding hydrogens is 242 g/mol. The van der Waals surface area contributed by atoms with Gasteiger partial charge < -0.3 is 8.98 Å². The van der Waals surface area contributed by atoms with Crippen LogP contribution in [0.2, 0.25) is 0 Å². The van der Waals surface area contributed by atoms with Gasteiger partial charge in [-0.15, -0.1) is 0 Å². The molecule has 0 aromatic carbocycles. The van der Waals surface area contributed by atoms with Crippen LogP contribution >= 0.6 is 11.6 Å². The summed E-state index contributed by atoms with van der Waals surface area (Å²) in [5.41, 5.74) is 1.75. The molecule has 0 amide bonds. The molecule has 0 atom stereocenters. The first-order chi connectivity index (χ1) is 8.02. The zero-order valence-electron chi connectivity index (χ0n) is 9.36. The van der Waals surface area contributed by atoms with Crippen molar-refractivity contribution in [1.82, 2.24) is 4.57 Å². The van der Waals surface area contributed by atoms with E-state index in [4.69, 9.17) is 16.0 Å². The first-order valence-electron chi connectivity index (χ1n) is 4.96. The highest BCUT2D eigenvalue weighted by molar-refractivity contribution is 6.83. The molecule has 17 heavy (non-hydrogen) atoms. The summed E-state index contributed by atoms with van der Waals surface area (Å²) in [6.07, 6.45) is 3.29. The molecule has 0 N–H and O–H groups in total. The van der Waals surface area contributed by atoms with Crippen molar-refractivity contribution < 1.29 is 14.0 Å². The van der Waals surface area contributed by atoms with Gasteiger partial charge in [-0.2, -0.15) is 0 Å². The Kier molecular flexibility index (Phi) is 2.90. The van der Waals surface area contributed by atoms with Gasteiger partial charge in [-0.1, -0.05) is 0 Å². The van der Waals surface area contributed by atoms with Crippen LogP contribution in [0.4, 0.5) is 0 Å². The largest absolute Gasteiger partial charge is 0.464 e. The summed E-state index contributed by atoms with van der Waals surface area (Å²) in [6.45, 7) is 1.75. The Hall–Kier alpha value is -1.81. The molecule has 0 spiro atoms. The predicted molar refractivity (Wildman–Crippen MR) is 63.0 cm³/mol.